The van der Waals surface area contributed by atoms with Crippen molar-refractivity contribution >= 4 is 34.8 Å². The summed E-state index contributed by atoms with van der Waals surface area (Å²) in [5.41, 5.74) is 0.208. The Hall–Kier alpha value is -2.61. The van der Waals surface area contributed by atoms with E-state index in [1.165, 1.54) is 18.4 Å². The molecule has 0 saturated carbocycles. The number of hydrogen-bond acceptors (Lipinski definition) is 5. The van der Waals surface area contributed by atoms with Crippen LogP contribution >= 0.6 is 11.3 Å². The summed E-state index contributed by atoms with van der Waals surface area (Å²) in [4.78, 5) is 34.0. The summed E-state index contributed by atoms with van der Waals surface area (Å²) in [6.07, 6.45) is 1.35. The molecule has 0 aliphatic heterocycles. The number of aromatic carboxylic acids is 1. The summed E-state index contributed by atoms with van der Waals surface area (Å²) in [6, 6.07) is 4.51. The van der Waals surface area contributed by atoms with E-state index in [1.54, 1.807) is 11.4 Å². The van der Waals surface area contributed by atoms with Crippen molar-refractivity contribution in [2.24, 2.45) is 0 Å². The Kier molecular flexibility index (Phi) is 4.16. The number of thiophene rings is 1. The quantitative estimate of drug-likeness (QED) is 0.772. The maximum absolute atomic E-state index is 11.6. The Morgan fingerprint density at radius 1 is 1.30 bits per heavy atom. The van der Waals surface area contributed by atoms with Gasteiger partial charge in [-0.1, -0.05) is 0 Å². The van der Waals surface area contributed by atoms with Crippen LogP contribution in [-0.2, 0) is 4.79 Å². The highest BCUT2D eigenvalue weighted by Gasteiger charge is 2.15. The SMILES string of the molecule is O=C(CNC(=O)c1ccco1)Nc1ccsc1C(=O)O. The summed E-state index contributed by atoms with van der Waals surface area (Å²) in [5, 5.41) is 15.2. The third kappa shape index (κ3) is 3.23. The summed E-state index contributed by atoms with van der Waals surface area (Å²) in [5.74, 6) is -2.06. The maximum Gasteiger partial charge on any atom is 0.348 e. The lowest BCUT2D eigenvalue weighted by Gasteiger charge is -2.05. The van der Waals surface area contributed by atoms with Crippen LogP contribution in [0.15, 0.2) is 34.3 Å². The lowest BCUT2D eigenvalue weighted by Crippen LogP contribution is -2.32. The van der Waals surface area contributed by atoms with E-state index >= 15 is 0 Å². The van der Waals surface area contributed by atoms with Crippen LogP contribution in [0.4, 0.5) is 5.69 Å². The molecule has 2 aromatic rings. The highest BCUT2D eigenvalue weighted by molar-refractivity contribution is 7.12. The van der Waals surface area contributed by atoms with Crippen molar-refractivity contribution in [2.75, 3.05) is 11.9 Å². The van der Waals surface area contributed by atoms with Crippen LogP contribution in [0.5, 0.6) is 0 Å². The normalized spacial score (nSPS) is 10.0. The Labute approximate surface area is 117 Å². The minimum atomic E-state index is -1.12. The number of furan rings is 1. The minimum Gasteiger partial charge on any atom is -0.477 e. The van der Waals surface area contributed by atoms with Crippen molar-refractivity contribution in [3.63, 3.8) is 0 Å². The van der Waals surface area contributed by atoms with Gasteiger partial charge in [-0.2, -0.15) is 0 Å². The third-order valence-electron chi connectivity index (χ3n) is 2.29. The number of amides is 2. The summed E-state index contributed by atoms with van der Waals surface area (Å²) < 4.78 is 4.86. The Morgan fingerprint density at radius 3 is 2.75 bits per heavy atom. The topological polar surface area (TPSA) is 109 Å². The number of anilines is 1. The number of carbonyl (C=O) groups excluding carboxylic acids is 2. The average molecular weight is 294 g/mol. The number of carbonyl (C=O) groups is 3. The molecular weight excluding hydrogens is 284 g/mol. The second-order valence-corrected chi connectivity index (χ2v) is 4.59. The van der Waals surface area contributed by atoms with Gasteiger partial charge in [0.2, 0.25) is 5.91 Å². The lowest BCUT2D eigenvalue weighted by atomic mass is 10.3. The highest BCUT2D eigenvalue weighted by Crippen LogP contribution is 2.21. The molecule has 2 rings (SSSR count). The van der Waals surface area contributed by atoms with E-state index < -0.39 is 17.8 Å². The number of hydrogen-bond donors (Lipinski definition) is 3. The van der Waals surface area contributed by atoms with Gasteiger partial charge in [-0.25, -0.2) is 4.79 Å². The van der Waals surface area contributed by atoms with Crippen LogP contribution in [-0.4, -0.2) is 29.4 Å². The zero-order valence-corrected chi connectivity index (χ0v) is 10.9. The van der Waals surface area contributed by atoms with Gasteiger partial charge in [0, 0.05) is 0 Å². The first-order chi connectivity index (χ1) is 9.58. The van der Waals surface area contributed by atoms with E-state index in [4.69, 9.17) is 9.52 Å². The van der Waals surface area contributed by atoms with Crippen molar-refractivity contribution in [3.05, 3.63) is 40.5 Å². The molecule has 2 heterocycles. The molecule has 0 radical (unpaired) electrons. The standard InChI is InChI=1S/C12H10N2O5S/c15-9(6-13-11(16)8-2-1-4-19-8)14-7-3-5-20-10(7)12(17)18/h1-5H,6H2,(H,13,16)(H,14,15)(H,17,18). The zero-order chi connectivity index (χ0) is 14.5. The largest absolute Gasteiger partial charge is 0.477 e. The number of nitrogens with one attached hydrogen (secondary N) is 2. The van der Waals surface area contributed by atoms with Crippen molar-refractivity contribution in [1.29, 1.82) is 0 Å². The molecule has 0 spiro atoms. The maximum atomic E-state index is 11.6. The molecule has 0 fully saturated rings. The van der Waals surface area contributed by atoms with Gasteiger partial charge in [-0.05, 0) is 23.6 Å². The van der Waals surface area contributed by atoms with Gasteiger partial charge in [-0.3, -0.25) is 9.59 Å². The third-order valence-corrected chi connectivity index (χ3v) is 3.19. The van der Waals surface area contributed by atoms with Gasteiger partial charge < -0.3 is 20.2 Å². The molecule has 7 nitrogen and oxygen atoms in total. The van der Waals surface area contributed by atoms with Gasteiger partial charge in [0.25, 0.3) is 5.91 Å². The van der Waals surface area contributed by atoms with Gasteiger partial charge in [0.05, 0.1) is 18.5 Å². The fourth-order valence-electron chi connectivity index (χ4n) is 1.42. The summed E-state index contributed by atoms with van der Waals surface area (Å²) in [6.45, 7) is -0.283. The van der Waals surface area contributed by atoms with Crippen molar-refractivity contribution in [2.45, 2.75) is 0 Å². The number of carboxylic acid groups (broad SMARTS) is 1. The minimum absolute atomic E-state index is 0.0377. The molecule has 8 heteroatoms. The second-order valence-electron chi connectivity index (χ2n) is 3.68. The first-order valence-electron chi connectivity index (χ1n) is 5.50. The first kappa shape index (κ1) is 13.8. The first-order valence-corrected chi connectivity index (χ1v) is 6.38. The van der Waals surface area contributed by atoms with Crippen LogP contribution in [0.1, 0.15) is 20.2 Å². The molecule has 0 aliphatic carbocycles. The molecule has 3 N–H and O–H groups in total. The van der Waals surface area contributed by atoms with E-state index in [0.29, 0.717) is 0 Å². The van der Waals surface area contributed by atoms with Crippen LogP contribution in [0.2, 0.25) is 0 Å². The van der Waals surface area contributed by atoms with E-state index in [1.807, 2.05) is 0 Å². The number of rotatable bonds is 5. The zero-order valence-electron chi connectivity index (χ0n) is 10.1. The molecule has 0 bridgehead atoms. The van der Waals surface area contributed by atoms with E-state index in [0.717, 1.165) is 11.3 Å². The fraction of sp³-hybridized carbons (Fsp3) is 0.0833. The van der Waals surface area contributed by atoms with Crippen molar-refractivity contribution < 1.29 is 23.9 Å². The van der Waals surface area contributed by atoms with E-state index in [-0.39, 0.29) is 22.9 Å². The van der Waals surface area contributed by atoms with Gasteiger partial charge in [0.1, 0.15) is 4.88 Å². The Morgan fingerprint density at radius 2 is 2.10 bits per heavy atom. The van der Waals surface area contributed by atoms with Crippen LogP contribution < -0.4 is 10.6 Å². The molecule has 2 amide bonds. The molecule has 0 atom stereocenters. The van der Waals surface area contributed by atoms with Crippen LogP contribution in [0, 0.1) is 0 Å². The molecular formula is C12H10N2O5S. The lowest BCUT2D eigenvalue weighted by molar-refractivity contribution is -0.115. The van der Waals surface area contributed by atoms with Crippen LogP contribution in [0.3, 0.4) is 0 Å². The predicted molar refractivity (Wildman–Crippen MR) is 70.9 cm³/mol. The predicted octanol–water partition coefficient (Wildman–Crippen LogP) is 1.41. The summed E-state index contributed by atoms with van der Waals surface area (Å²) >= 11 is 1.01. The van der Waals surface area contributed by atoms with Crippen molar-refractivity contribution in [3.8, 4) is 0 Å². The van der Waals surface area contributed by atoms with Gasteiger partial charge in [0.15, 0.2) is 5.76 Å². The molecule has 104 valence electrons. The van der Waals surface area contributed by atoms with E-state index in [9.17, 15) is 14.4 Å². The highest BCUT2D eigenvalue weighted by atomic mass is 32.1. The Balaban J connectivity index is 1.88. The Bertz CT molecular complexity index is 632. The average Bonchev–Trinajstić information content (AvgIpc) is 3.06. The van der Waals surface area contributed by atoms with E-state index in [2.05, 4.69) is 10.6 Å². The molecule has 0 unspecified atom stereocenters. The summed E-state index contributed by atoms with van der Waals surface area (Å²) in [7, 11) is 0. The van der Waals surface area contributed by atoms with Crippen LogP contribution in [0.25, 0.3) is 0 Å². The monoisotopic (exact) mass is 294 g/mol. The second kappa shape index (κ2) is 6.02. The molecule has 2 aromatic heterocycles. The van der Waals surface area contributed by atoms with Crippen molar-refractivity contribution in [1.82, 2.24) is 5.32 Å². The smallest absolute Gasteiger partial charge is 0.348 e. The molecule has 0 saturated heterocycles. The molecule has 20 heavy (non-hydrogen) atoms. The number of carboxylic acids is 1. The molecule has 0 aromatic carbocycles. The van der Waals surface area contributed by atoms with Gasteiger partial charge >= 0.3 is 5.97 Å². The van der Waals surface area contributed by atoms with Gasteiger partial charge in [-0.15, -0.1) is 11.3 Å². The molecule has 0 aliphatic rings. The fourth-order valence-corrected chi connectivity index (χ4v) is 2.11.